The molecule has 4 aromatic rings. The maximum Gasteiger partial charge on any atom is 0.253 e. The van der Waals surface area contributed by atoms with E-state index < -0.39 is 10.9 Å². The highest BCUT2D eigenvalue weighted by Gasteiger charge is 2.20. The van der Waals surface area contributed by atoms with Crippen LogP contribution in [0, 0.1) is 0 Å². The van der Waals surface area contributed by atoms with Gasteiger partial charge in [-0.3, -0.25) is 24.5 Å². The number of pyridine rings is 1. The number of carbonyl (C=O) groups is 1. The number of aromatic amines is 1. The summed E-state index contributed by atoms with van der Waals surface area (Å²) < 4.78 is 0. The monoisotopic (exact) mass is 445 g/mol. The third-order valence-corrected chi connectivity index (χ3v) is 5.76. The molecular formula is C25H27N5O3. The Balaban J connectivity index is 1.11. The highest BCUT2D eigenvalue weighted by Crippen LogP contribution is 2.20. The predicted octanol–water partition coefficient (Wildman–Crippen LogP) is 3.86. The van der Waals surface area contributed by atoms with Crippen LogP contribution in [-0.2, 0) is 11.2 Å². The molecule has 8 nitrogen and oxygen atoms in total. The van der Waals surface area contributed by atoms with Gasteiger partial charge in [0.25, 0.3) is 10.9 Å². The van der Waals surface area contributed by atoms with Crippen molar-refractivity contribution in [3.63, 3.8) is 0 Å². The Kier molecular flexibility index (Phi) is 7.24. The zero-order chi connectivity index (χ0) is 23.0. The van der Waals surface area contributed by atoms with Gasteiger partial charge in [-0.15, -0.1) is 0 Å². The van der Waals surface area contributed by atoms with Gasteiger partial charge in [0.05, 0.1) is 11.7 Å². The van der Waals surface area contributed by atoms with Crippen molar-refractivity contribution < 1.29 is 4.79 Å². The summed E-state index contributed by atoms with van der Waals surface area (Å²) in [5, 5.41) is 14.1. The standard InChI is InChI=1S/C25H27N5O3/c31-19(15-17-7-6-9-21-20(17)16-28-30-21)8-4-2-1-3-5-12-27-22-23(25(33)24(22)32)29-18-10-13-26-14-11-18/h6-7,9-11,13-14,16,27H,1-5,8,12,15H2,(H,26,29)(H,28,30). The summed E-state index contributed by atoms with van der Waals surface area (Å²) in [4.78, 5) is 40.0. The number of hydrogen-bond donors (Lipinski definition) is 3. The van der Waals surface area contributed by atoms with E-state index in [1.54, 1.807) is 30.7 Å². The minimum absolute atomic E-state index is 0.250. The molecule has 0 unspecified atom stereocenters. The molecule has 2 heterocycles. The lowest BCUT2D eigenvalue weighted by Crippen LogP contribution is -2.36. The van der Waals surface area contributed by atoms with Gasteiger partial charge in [-0.25, -0.2) is 0 Å². The minimum Gasteiger partial charge on any atom is -0.380 e. The van der Waals surface area contributed by atoms with E-state index in [9.17, 15) is 14.4 Å². The van der Waals surface area contributed by atoms with Gasteiger partial charge >= 0.3 is 0 Å². The molecule has 0 saturated heterocycles. The van der Waals surface area contributed by atoms with E-state index in [-0.39, 0.29) is 5.78 Å². The quantitative estimate of drug-likeness (QED) is 0.211. The van der Waals surface area contributed by atoms with E-state index >= 15 is 0 Å². The van der Waals surface area contributed by atoms with E-state index in [1.165, 1.54) is 0 Å². The fraction of sp³-hybridized carbons (Fsp3) is 0.320. The lowest BCUT2D eigenvalue weighted by atomic mass is 10.0. The summed E-state index contributed by atoms with van der Waals surface area (Å²) in [7, 11) is 0. The fourth-order valence-electron chi connectivity index (χ4n) is 3.93. The molecule has 33 heavy (non-hydrogen) atoms. The average molecular weight is 446 g/mol. The maximum atomic E-state index is 12.3. The number of nitrogens with one attached hydrogen (secondary N) is 3. The zero-order valence-electron chi connectivity index (χ0n) is 18.4. The molecule has 0 bridgehead atoms. The number of carbonyl (C=O) groups excluding carboxylic acids is 1. The Morgan fingerprint density at radius 3 is 2.52 bits per heavy atom. The second-order valence-corrected chi connectivity index (χ2v) is 8.18. The Morgan fingerprint density at radius 1 is 0.909 bits per heavy atom. The number of aromatic nitrogens is 3. The van der Waals surface area contributed by atoms with Crippen LogP contribution in [0.25, 0.3) is 10.9 Å². The summed E-state index contributed by atoms with van der Waals surface area (Å²) in [6, 6.07) is 9.36. The highest BCUT2D eigenvalue weighted by atomic mass is 16.2. The van der Waals surface area contributed by atoms with Crippen LogP contribution in [0.1, 0.15) is 44.1 Å². The van der Waals surface area contributed by atoms with Crippen molar-refractivity contribution in [1.29, 1.82) is 0 Å². The molecule has 0 spiro atoms. The zero-order valence-corrected chi connectivity index (χ0v) is 18.4. The average Bonchev–Trinajstić information content (AvgIpc) is 3.32. The lowest BCUT2D eigenvalue weighted by molar-refractivity contribution is -0.118. The van der Waals surface area contributed by atoms with Gasteiger partial charge in [-0.2, -0.15) is 5.10 Å². The number of nitrogens with zero attached hydrogens (tertiary/aromatic N) is 2. The Labute approximate surface area is 191 Å². The molecule has 2 aromatic heterocycles. The van der Waals surface area contributed by atoms with E-state index in [4.69, 9.17) is 0 Å². The van der Waals surface area contributed by atoms with Crippen molar-refractivity contribution in [3.8, 4) is 0 Å². The Bertz CT molecular complexity index is 1290. The predicted molar refractivity (Wildman–Crippen MR) is 130 cm³/mol. The SMILES string of the molecule is O=C(CCCCCCCNc1c(Nc2ccncc2)c(=O)c1=O)Cc1cccc2[nH]ncc12. The van der Waals surface area contributed by atoms with Crippen LogP contribution in [-0.4, -0.2) is 27.5 Å². The number of unbranched alkanes of at least 4 members (excludes halogenated alkanes) is 4. The van der Waals surface area contributed by atoms with Gasteiger partial charge in [0.1, 0.15) is 17.2 Å². The van der Waals surface area contributed by atoms with Crippen molar-refractivity contribution in [1.82, 2.24) is 15.2 Å². The Morgan fingerprint density at radius 2 is 1.67 bits per heavy atom. The smallest absolute Gasteiger partial charge is 0.253 e. The number of rotatable bonds is 13. The van der Waals surface area contributed by atoms with Gasteiger partial charge in [0.15, 0.2) is 0 Å². The molecule has 0 amide bonds. The number of benzene rings is 1. The van der Waals surface area contributed by atoms with Crippen molar-refractivity contribution in [2.45, 2.75) is 44.9 Å². The van der Waals surface area contributed by atoms with E-state index in [0.29, 0.717) is 30.8 Å². The van der Waals surface area contributed by atoms with Crippen LogP contribution < -0.4 is 21.5 Å². The van der Waals surface area contributed by atoms with Gasteiger partial charge in [0, 0.05) is 42.9 Å². The van der Waals surface area contributed by atoms with Crippen LogP contribution in [0.3, 0.4) is 0 Å². The molecule has 0 fully saturated rings. The molecule has 0 aliphatic heterocycles. The third kappa shape index (κ3) is 5.52. The summed E-state index contributed by atoms with van der Waals surface area (Å²) in [5.74, 6) is 0.250. The summed E-state index contributed by atoms with van der Waals surface area (Å²) in [6.07, 6.45) is 10.8. The van der Waals surface area contributed by atoms with Crippen molar-refractivity contribution in [2.75, 3.05) is 17.2 Å². The summed E-state index contributed by atoms with van der Waals surface area (Å²) >= 11 is 0. The molecular weight excluding hydrogens is 418 g/mol. The van der Waals surface area contributed by atoms with Gasteiger partial charge < -0.3 is 10.6 Å². The number of Topliss-reactive ketones (excluding diaryl/α,β-unsaturated/α-hetero) is 1. The molecule has 8 heteroatoms. The van der Waals surface area contributed by atoms with Crippen LogP contribution in [0.5, 0.6) is 0 Å². The van der Waals surface area contributed by atoms with Gasteiger partial charge in [0.2, 0.25) is 0 Å². The van der Waals surface area contributed by atoms with E-state index in [1.807, 2.05) is 18.2 Å². The van der Waals surface area contributed by atoms with Crippen molar-refractivity contribution >= 4 is 33.7 Å². The largest absolute Gasteiger partial charge is 0.380 e. The number of anilines is 3. The van der Waals surface area contributed by atoms with Gasteiger partial charge in [-0.1, -0.05) is 31.4 Å². The molecule has 0 saturated carbocycles. The molecule has 0 radical (unpaired) electrons. The normalized spacial score (nSPS) is 11.2. The minimum atomic E-state index is -0.497. The molecule has 0 aliphatic carbocycles. The van der Waals surface area contributed by atoms with Crippen LogP contribution in [0.15, 0.2) is 58.5 Å². The molecule has 0 atom stereocenters. The van der Waals surface area contributed by atoms with E-state index in [0.717, 1.165) is 54.3 Å². The number of ketones is 1. The fourth-order valence-corrected chi connectivity index (χ4v) is 3.93. The first-order chi connectivity index (χ1) is 16.1. The number of H-pyrrole nitrogens is 1. The maximum absolute atomic E-state index is 12.3. The molecule has 3 N–H and O–H groups in total. The number of hydrogen-bond acceptors (Lipinski definition) is 7. The van der Waals surface area contributed by atoms with Crippen LogP contribution in [0.2, 0.25) is 0 Å². The van der Waals surface area contributed by atoms with Crippen molar-refractivity contribution in [3.05, 3.63) is 74.9 Å². The lowest BCUT2D eigenvalue weighted by Gasteiger charge is -2.14. The van der Waals surface area contributed by atoms with Gasteiger partial charge in [-0.05, 0) is 36.6 Å². The highest BCUT2D eigenvalue weighted by molar-refractivity contribution is 5.88. The van der Waals surface area contributed by atoms with E-state index in [2.05, 4.69) is 25.8 Å². The first-order valence-electron chi connectivity index (χ1n) is 11.3. The van der Waals surface area contributed by atoms with Crippen LogP contribution >= 0.6 is 0 Å². The summed E-state index contributed by atoms with van der Waals surface area (Å²) in [5.41, 5.74) is 2.40. The topological polar surface area (TPSA) is 117 Å². The molecule has 170 valence electrons. The Hall–Kier alpha value is -3.81. The number of fused-ring (bicyclic) bond motifs is 1. The second-order valence-electron chi connectivity index (χ2n) is 8.18. The van der Waals surface area contributed by atoms with Crippen LogP contribution in [0.4, 0.5) is 17.1 Å². The summed E-state index contributed by atoms with van der Waals surface area (Å²) in [6.45, 7) is 0.628. The first-order valence-corrected chi connectivity index (χ1v) is 11.3. The van der Waals surface area contributed by atoms with Crippen molar-refractivity contribution in [2.24, 2.45) is 0 Å². The molecule has 0 aliphatic rings. The first kappa shape index (κ1) is 22.4. The molecule has 2 aromatic carbocycles. The molecule has 4 rings (SSSR count). The third-order valence-electron chi connectivity index (χ3n) is 5.76. The second kappa shape index (κ2) is 10.7.